The molecular weight excluding hydrogens is 292 g/mol. The Balaban J connectivity index is 2.44. The third kappa shape index (κ3) is 3.38. The lowest BCUT2D eigenvalue weighted by molar-refractivity contribution is -0.139. The molecule has 1 atom stereocenters. The van der Waals surface area contributed by atoms with E-state index in [0.717, 1.165) is 5.56 Å². The third-order valence-electron chi connectivity index (χ3n) is 4.19. The number of nitrogens with zero attached hydrogens (tertiary/aromatic N) is 1. The van der Waals surface area contributed by atoms with E-state index in [1.165, 1.54) is 10.5 Å². The van der Waals surface area contributed by atoms with Gasteiger partial charge in [-0.05, 0) is 30.9 Å². The molecule has 0 saturated carbocycles. The molecular formula is C18H24N2O3. The van der Waals surface area contributed by atoms with Crippen molar-refractivity contribution >= 4 is 12.0 Å². The number of allylic oxidation sites excluding steroid dienone is 1. The van der Waals surface area contributed by atoms with Gasteiger partial charge in [-0.15, -0.1) is 0 Å². The highest BCUT2D eigenvalue weighted by molar-refractivity contribution is 5.94. The average molecular weight is 316 g/mol. The zero-order chi connectivity index (χ0) is 17.1. The summed E-state index contributed by atoms with van der Waals surface area (Å²) in [5.74, 6) is 0.0349. The van der Waals surface area contributed by atoms with Crippen molar-refractivity contribution in [3.8, 4) is 0 Å². The van der Waals surface area contributed by atoms with Gasteiger partial charge in [0.1, 0.15) is 0 Å². The monoisotopic (exact) mass is 316 g/mol. The number of carbonyl (C=O) groups excluding carboxylic acids is 2. The topological polar surface area (TPSA) is 58.6 Å². The van der Waals surface area contributed by atoms with Gasteiger partial charge in [0.05, 0.1) is 18.2 Å². The molecule has 5 heteroatoms. The molecule has 23 heavy (non-hydrogen) atoms. The quantitative estimate of drug-likeness (QED) is 0.867. The summed E-state index contributed by atoms with van der Waals surface area (Å²) in [6.07, 6.45) is 0. The van der Waals surface area contributed by atoms with Crippen molar-refractivity contribution in [2.24, 2.45) is 0 Å². The summed E-state index contributed by atoms with van der Waals surface area (Å²) in [5.41, 5.74) is 3.18. The molecule has 0 aliphatic carbocycles. The fourth-order valence-corrected chi connectivity index (χ4v) is 2.63. The lowest BCUT2D eigenvalue weighted by Gasteiger charge is -2.33. The lowest BCUT2D eigenvalue weighted by Crippen LogP contribution is -2.46. The van der Waals surface area contributed by atoms with E-state index in [1.807, 2.05) is 24.3 Å². The minimum absolute atomic E-state index is 0.228. The van der Waals surface area contributed by atoms with E-state index in [1.54, 1.807) is 20.9 Å². The molecule has 124 valence electrons. The Morgan fingerprint density at radius 3 is 2.43 bits per heavy atom. The number of urea groups is 1. The fraction of sp³-hybridized carbons (Fsp3) is 0.444. The summed E-state index contributed by atoms with van der Waals surface area (Å²) in [7, 11) is 1.64. The number of hydrogen-bond donors (Lipinski definition) is 1. The molecule has 5 nitrogen and oxygen atoms in total. The Morgan fingerprint density at radius 1 is 1.30 bits per heavy atom. The number of amides is 2. The minimum atomic E-state index is -0.487. The van der Waals surface area contributed by atoms with E-state index >= 15 is 0 Å². The van der Waals surface area contributed by atoms with Gasteiger partial charge in [0.25, 0.3) is 0 Å². The smallest absolute Gasteiger partial charge is 0.338 e. The summed E-state index contributed by atoms with van der Waals surface area (Å²) in [6.45, 7) is 8.08. The van der Waals surface area contributed by atoms with E-state index in [9.17, 15) is 9.59 Å². The predicted molar refractivity (Wildman–Crippen MR) is 88.9 cm³/mol. The maximum Gasteiger partial charge on any atom is 0.338 e. The van der Waals surface area contributed by atoms with Crippen LogP contribution >= 0.6 is 0 Å². The van der Waals surface area contributed by atoms with Crippen LogP contribution in [0.2, 0.25) is 0 Å². The summed E-state index contributed by atoms with van der Waals surface area (Å²) < 4.78 is 5.17. The van der Waals surface area contributed by atoms with Gasteiger partial charge < -0.3 is 15.0 Å². The Labute approximate surface area is 137 Å². The number of rotatable bonds is 4. The molecule has 0 spiro atoms. The molecule has 2 amide bonds. The third-order valence-corrected chi connectivity index (χ3v) is 4.19. The molecule has 1 aliphatic rings. The van der Waals surface area contributed by atoms with Crippen molar-refractivity contribution < 1.29 is 14.3 Å². The molecule has 1 N–H and O–H groups in total. The van der Waals surface area contributed by atoms with E-state index in [2.05, 4.69) is 19.2 Å². The van der Waals surface area contributed by atoms with Crippen LogP contribution in [0.1, 0.15) is 50.8 Å². The van der Waals surface area contributed by atoms with Crippen LogP contribution in [0.3, 0.4) is 0 Å². The molecule has 1 aromatic carbocycles. The van der Waals surface area contributed by atoms with Crippen LogP contribution in [-0.2, 0) is 9.53 Å². The van der Waals surface area contributed by atoms with Crippen molar-refractivity contribution in [2.45, 2.75) is 39.7 Å². The normalized spacial score (nSPS) is 18.3. The van der Waals surface area contributed by atoms with Crippen LogP contribution in [0.25, 0.3) is 0 Å². The fourth-order valence-electron chi connectivity index (χ4n) is 2.63. The van der Waals surface area contributed by atoms with Crippen molar-refractivity contribution in [1.29, 1.82) is 0 Å². The molecule has 1 heterocycles. The van der Waals surface area contributed by atoms with Crippen LogP contribution in [0.15, 0.2) is 35.5 Å². The number of ether oxygens (including phenoxy) is 1. The van der Waals surface area contributed by atoms with Crippen LogP contribution in [0, 0.1) is 0 Å². The average Bonchev–Trinajstić information content (AvgIpc) is 2.52. The lowest BCUT2D eigenvalue weighted by atomic mass is 9.93. The first-order valence-corrected chi connectivity index (χ1v) is 7.88. The number of nitrogens with one attached hydrogen (secondary N) is 1. The summed E-state index contributed by atoms with van der Waals surface area (Å²) in [5, 5.41) is 2.88. The molecule has 0 saturated heterocycles. The van der Waals surface area contributed by atoms with Gasteiger partial charge in [0.2, 0.25) is 0 Å². The highest BCUT2D eigenvalue weighted by atomic mass is 16.5. The maximum atomic E-state index is 12.4. The van der Waals surface area contributed by atoms with Crippen LogP contribution in [0.5, 0.6) is 0 Å². The van der Waals surface area contributed by atoms with Crippen molar-refractivity contribution in [3.05, 3.63) is 46.7 Å². The van der Waals surface area contributed by atoms with E-state index in [0.29, 0.717) is 23.8 Å². The Bertz CT molecular complexity index is 632. The summed E-state index contributed by atoms with van der Waals surface area (Å²) in [4.78, 5) is 25.9. The number of carbonyl (C=O) groups is 2. The second-order valence-corrected chi connectivity index (χ2v) is 5.98. The molecule has 0 fully saturated rings. The highest BCUT2D eigenvalue weighted by Crippen LogP contribution is 2.31. The molecule has 0 unspecified atom stereocenters. The molecule has 0 radical (unpaired) electrons. The van der Waals surface area contributed by atoms with Gasteiger partial charge in [-0.2, -0.15) is 0 Å². The van der Waals surface area contributed by atoms with Gasteiger partial charge in [-0.3, -0.25) is 0 Å². The molecule has 0 bridgehead atoms. The maximum absolute atomic E-state index is 12.4. The molecule has 1 aliphatic heterocycles. The number of hydrogen-bond acceptors (Lipinski definition) is 3. The predicted octanol–water partition coefficient (Wildman–Crippen LogP) is 3.34. The Hall–Kier alpha value is -2.30. The second-order valence-electron chi connectivity index (χ2n) is 5.98. The van der Waals surface area contributed by atoms with Gasteiger partial charge in [-0.1, -0.05) is 38.1 Å². The number of benzene rings is 1. The van der Waals surface area contributed by atoms with Gasteiger partial charge in [0.15, 0.2) is 0 Å². The summed E-state index contributed by atoms with van der Waals surface area (Å²) in [6, 6.07) is 7.26. The SMILES string of the molecule is CCOC(=O)C1=C(C)N(C)C(=O)N[C@H]1c1ccc(C(C)C)cc1. The van der Waals surface area contributed by atoms with Gasteiger partial charge in [0, 0.05) is 12.7 Å². The molecule has 2 rings (SSSR count). The van der Waals surface area contributed by atoms with E-state index < -0.39 is 12.0 Å². The van der Waals surface area contributed by atoms with Crippen LogP contribution in [0.4, 0.5) is 4.79 Å². The summed E-state index contributed by atoms with van der Waals surface area (Å²) >= 11 is 0. The van der Waals surface area contributed by atoms with Crippen LogP contribution in [-0.4, -0.2) is 30.6 Å². The second kappa shape index (κ2) is 6.86. The standard InChI is InChI=1S/C18H24N2O3/c1-6-23-17(21)15-12(4)20(5)18(22)19-16(15)14-9-7-13(8-10-14)11(2)3/h7-11,16H,6H2,1-5H3,(H,19,22)/t16-/m0/s1. The molecule has 0 aromatic heterocycles. The Morgan fingerprint density at radius 2 is 1.91 bits per heavy atom. The first-order valence-electron chi connectivity index (χ1n) is 7.88. The first kappa shape index (κ1) is 17.1. The van der Waals surface area contributed by atoms with Crippen molar-refractivity contribution in [3.63, 3.8) is 0 Å². The molecule has 1 aromatic rings. The van der Waals surface area contributed by atoms with Gasteiger partial charge >= 0.3 is 12.0 Å². The Kier molecular flexibility index (Phi) is 5.08. The number of esters is 1. The zero-order valence-electron chi connectivity index (χ0n) is 14.3. The highest BCUT2D eigenvalue weighted by Gasteiger charge is 2.34. The van der Waals surface area contributed by atoms with E-state index in [4.69, 9.17) is 4.74 Å². The van der Waals surface area contributed by atoms with Crippen molar-refractivity contribution in [2.75, 3.05) is 13.7 Å². The van der Waals surface area contributed by atoms with Gasteiger partial charge in [-0.25, -0.2) is 9.59 Å². The van der Waals surface area contributed by atoms with E-state index in [-0.39, 0.29) is 6.03 Å². The zero-order valence-corrected chi connectivity index (χ0v) is 14.3. The van der Waals surface area contributed by atoms with Crippen molar-refractivity contribution in [1.82, 2.24) is 10.2 Å². The van der Waals surface area contributed by atoms with Crippen LogP contribution < -0.4 is 5.32 Å². The first-order chi connectivity index (χ1) is 10.9. The largest absolute Gasteiger partial charge is 0.463 e. The minimum Gasteiger partial charge on any atom is -0.463 e.